The maximum atomic E-state index is 11.9. The number of hydrogen-bond acceptors (Lipinski definition) is 1. The summed E-state index contributed by atoms with van der Waals surface area (Å²) in [5.74, 6) is -0.0228. The molecule has 0 atom stereocenters. The number of benzene rings is 1. The van der Waals surface area contributed by atoms with Crippen molar-refractivity contribution >= 4 is 58.0 Å². The second kappa shape index (κ2) is 5.66. The van der Waals surface area contributed by atoms with E-state index in [4.69, 9.17) is 46.4 Å². The standard InChI is InChI=1S/C11H11Cl4NO/c1-11(2,5-12)10(17)16-9-4-7(14)6(13)3-8(9)15/h3-4H,5H2,1-2H3,(H,16,17). The molecule has 0 spiro atoms. The minimum atomic E-state index is -0.684. The van der Waals surface area contributed by atoms with Gasteiger partial charge in [0.25, 0.3) is 0 Å². The SMILES string of the molecule is CC(C)(CCl)C(=O)Nc1cc(Cl)c(Cl)cc1Cl. The number of anilines is 1. The van der Waals surface area contributed by atoms with Gasteiger partial charge in [-0.3, -0.25) is 4.79 Å². The summed E-state index contributed by atoms with van der Waals surface area (Å²) in [4.78, 5) is 11.9. The number of halogens is 4. The first-order valence-electron chi connectivity index (χ1n) is 4.80. The van der Waals surface area contributed by atoms with Crippen molar-refractivity contribution in [2.75, 3.05) is 11.2 Å². The Morgan fingerprint density at radius 1 is 1.18 bits per heavy atom. The normalized spacial score (nSPS) is 11.4. The van der Waals surface area contributed by atoms with Crippen LogP contribution in [0.5, 0.6) is 0 Å². The van der Waals surface area contributed by atoms with Gasteiger partial charge in [-0.2, -0.15) is 0 Å². The van der Waals surface area contributed by atoms with Crippen LogP contribution in [-0.4, -0.2) is 11.8 Å². The van der Waals surface area contributed by atoms with Crippen molar-refractivity contribution in [3.63, 3.8) is 0 Å². The van der Waals surface area contributed by atoms with Crippen LogP contribution < -0.4 is 5.32 Å². The van der Waals surface area contributed by atoms with E-state index in [0.29, 0.717) is 20.8 Å². The Hall–Kier alpha value is -0.150. The van der Waals surface area contributed by atoms with E-state index >= 15 is 0 Å². The Kier molecular flexibility index (Phi) is 4.96. The highest BCUT2D eigenvalue weighted by molar-refractivity contribution is 6.44. The van der Waals surface area contributed by atoms with Crippen molar-refractivity contribution in [3.8, 4) is 0 Å². The average molecular weight is 315 g/mol. The zero-order valence-corrected chi connectivity index (χ0v) is 12.3. The second-order valence-electron chi connectivity index (χ2n) is 4.22. The number of alkyl halides is 1. The smallest absolute Gasteiger partial charge is 0.231 e. The number of rotatable bonds is 3. The summed E-state index contributed by atoms with van der Waals surface area (Å²) in [7, 11) is 0. The summed E-state index contributed by atoms with van der Waals surface area (Å²) in [6.45, 7) is 3.47. The zero-order chi connectivity index (χ0) is 13.2. The van der Waals surface area contributed by atoms with Crippen LogP contribution >= 0.6 is 46.4 Å². The summed E-state index contributed by atoms with van der Waals surface area (Å²) < 4.78 is 0. The van der Waals surface area contributed by atoms with Crippen LogP contribution in [0.2, 0.25) is 15.1 Å². The van der Waals surface area contributed by atoms with Crippen LogP contribution in [0, 0.1) is 5.41 Å². The average Bonchev–Trinajstić information content (AvgIpc) is 2.25. The lowest BCUT2D eigenvalue weighted by Gasteiger charge is -2.21. The third-order valence-electron chi connectivity index (χ3n) is 2.21. The van der Waals surface area contributed by atoms with Gasteiger partial charge >= 0.3 is 0 Å². The van der Waals surface area contributed by atoms with Crippen molar-refractivity contribution in [1.29, 1.82) is 0 Å². The van der Waals surface area contributed by atoms with Crippen LogP contribution in [0.15, 0.2) is 12.1 Å². The van der Waals surface area contributed by atoms with E-state index in [1.807, 2.05) is 0 Å². The number of amides is 1. The van der Waals surface area contributed by atoms with Gasteiger partial charge in [0.05, 0.1) is 26.2 Å². The molecule has 0 saturated carbocycles. The summed E-state index contributed by atoms with van der Waals surface area (Å²) in [6, 6.07) is 2.99. The molecule has 0 unspecified atom stereocenters. The van der Waals surface area contributed by atoms with Crippen molar-refractivity contribution in [1.82, 2.24) is 0 Å². The number of nitrogens with one attached hydrogen (secondary N) is 1. The van der Waals surface area contributed by atoms with Gasteiger partial charge in [-0.15, -0.1) is 11.6 Å². The number of carbonyl (C=O) groups excluding carboxylic acids is 1. The van der Waals surface area contributed by atoms with E-state index in [0.717, 1.165) is 0 Å². The van der Waals surface area contributed by atoms with Gasteiger partial charge in [0.1, 0.15) is 0 Å². The lowest BCUT2D eigenvalue weighted by atomic mass is 9.95. The Morgan fingerprint density at radius 2 is 1.71 bits per heavy atom. The summed E-state index contributed by atoms with van der Waals surface area (Å²) >= 11 is 23.3. The Labute approximate surface area is 120 Å². The van der Waals surface area contributed by atoms with E-state index < -0.39 is 5.41 Å². The van der Waals surface area contributed by atoms with Crippen LogP contribution in [0.3, 0.4) is 0 Å². The fourth-order valence-electron chi connectivity index (χ4n) is 0.971. The molecule has 0 aliphatic carbocycles. The number of carbonyl (C=O) groups is 1. The van der Waals surface area contributed by atoms with E-state index in [-0.39, 0.29) is 11.8 Å². The second-order valence-corrected chi connectivity index (χ2v) is 5.71. The molecular weight excluding hydrogens is 304 g/mol. The van der Waals surface area contributed by atoms with Crippen LogP contribution in [0.4, 0.5) is 5.69 Å². The molecule has 6 heteroatoms. The van der Waals surface area contributed by atoms with Crippen molar-refractivity contribution < 1.29 is 4.79 Å². The minimum absolute atomic E-state index is 0.206. The molecule has 1 N–H and O–H groups in total. The van der Waals surface area contributed by atoms with Crippen molar-refractivity contribution in [2.45, 2.75) is 13.8 Å². The molecule has 1 amide bonds. The molecule has 0 fully saturated rings. The highest BCUT2D eigenvalue weighted by atomic mass is 35.5. The largest absolute Gasteiger partial charge is 0.324 e. The van der Waals surface area contributed by atoms with Gasteiger partial charge in [-0.1, -0.05) is 34.8 Å². The highest BCUT2D eigenvalue weighted by Crippen LogP contribution is 2.33. The zero-order valence-electron chi connectivity index (χ0n) is 9.28. The van der Waals surface area contributed by atoms with Gasteiger partial charge in [0.2, 0.25) is 5.91 Å². The first-order valence-corrected chi connectivity index (χ1v) is 6.47. The van der Waals surface area contributed by atoms with Crippen molar-refractivity contribution in [2.24, 2.45) is 5.41 Å². The minimum Gasteiger partial charge on any atom is -0.324 e. The van der Waals surface area contributed by atoms with Gasteiger partial charge in [-0.05, 0) is 26.0 Å². The molecule has 17 heavy (non-hydrogen) atoms. The Morgan fingerprint density at radius 3 is 2.24 bits per heavy atom. The van der Waals surface area contributed by atoms with Gasteiger partial charge in [0.15, 0.2) is 0 Å². The highest BCUT2D eigenvalue weighted by Gasteiger charge is 2.27. The lowest BCUT2D eigenvalue weighted by Crippen LogP contribution is -2.32. The first kappa shape index (κ1) is 14.9. The first-order chi connectivity index (χ1) is 7.77. The van der Waals surface area contributed by atoms with E-state index in [1.54, 1.807) is 13.8 Å². The third-order valence-corrected chi connectivity index (χ3v) is 3.91. The molecule has 0 aliphatic heterocycles. The molecule has 94 valence electrons. The van der Waals surface area contributed by atoms with Crippen LogP contribution in [-0.2, 0) is 4.79 Å². The molecule has 0 radical (unpaired) electrons. The molecule has 0 saturated heterocycles. The van der Waals surface area contributed by atoms with Gasteiger partial charge in [0, 0.05) is 5.88 Å². The predicted octanol–water partition coefficient (Wildman–Crippen LogP) is 4.85. The summed E-state index contributed by atoms with van der Waals surface area (Å²) in [6.07, 6.45) is 0. The lowest BCUT2D eigenvalue weighted by molar-refractivity contribution is -0.122. The third kappa shape index (κ3) is 3.65. The quantitative estimate of drug-likeness (QED) is 0.627. The van der Waals surface area contributed by atoms with Crippen LogP contribution in [0.25, 0.3) is 0 Å². The molecule has 0 bridgehead atoms. The van der Waals surface area contributed by atoms with Crippen molar-refractivity contribution in [3.05, 3.63) is 27.2 Å². The summed E-state index contributed by atoms with van der Waals surface area (Å²) in [5, 5.41) is 3.67. The maximum Gasteiger partial charge on any atom is 0.231 e. The fraction of sp³-hybridized carbons (Fsp3) is 0.364. The Bertz CT molecular complexity index is 445. The summed E-state index contributed by atoms with van der Waals surface area (Å²) in [5.41, 5.74) is -0.263. The molecule has 0 aromatic heterocycles. The Balaban J connectivity index is 2.97. The number of hydrogen-bond donors (Lipinski definition) is 1. The topological polar surface area (TPSA) is 29.1 Å². The monoisotopic (exact) mass is 313 g/mol. The van der Waals surface area contributed by atoms with Crippen LogP contribution in [0.1, 0.15) is 13.8 Å². The predicted molar refractivity (Wildman–Crippen MR) is 74.6 cm³/mol. The maximum absolute atomic E-state index is 11.9. The van der Waals surface area contributed by atoms with E-state index in [1.165, 1.54) is 12.1 Å². The molecule has 0 heterocycles. The van der Waals surface area contributed by atoms with E-state index in [2.05, 4.69) is 5.32 Å². The molecule has 1 aromatic rings. The fourth-order valence-corrected chi connectivity index (χ4v) is 1.69. The van der Waals surface area contributed by atoms with Gasteiger partial charge in [-0.25, -0.2) is 0 Å². The molecule has 0 aliphatic rings. The van der Waals surface area contributed by atoms with E-state index in [9.17, 15) is 4.79 Å². The molecular formula is C11H11Cl4NO. The van der Waals surface area contributed by atoms with Gasteiger partial charge < -0.3 is 5.32 Å². The molecule has 1 aromatic carbocycles. The molecule has 1 rings (SSSR count). The molecule has 2 nitrogen and oxygen atoms in total.